The van der Waals surface area contributed by atoms with E-state index in [0.29, 0.717) is 23.3 Å². The molecule has 0 unspecified atom stereocenters. The Balaban J connectivity index is 1.68. The number of halogens is 2. The van der Waals surface area contributed by atoms with Crippen molar-refractivity contribution in [1.82, 2.24) is 19.5 Å². The third kappa shape index (κ3) is 5.19. The van der Waals surface area contributed by atoms with Gasteiger partial charge in [-0.15, -0.1) is 10.2 Å². The van der Waals surface area contributed by atoms with Gasteiger partial charge in [0.25, 0.3) is 0 Å². The number of benzene rings is 2. The summed E-state index contributed by atoms with van der Waals surface area (Å²) in [7, 11) is -3.65. The van der Waals surface area contributed by atoms with Crippen LogP contribution in [-0.2, 0) is 28.9 Å². The Morgan fingerprint density at radius 3 is 2.61 bits per heavy atom. The van der Waals surface area contributed by atoms with E-state index in [1.165, 1.54) is 36.0 Å². The minimum atomic E-state index is -3.65. The van der Waals surface area contributed by atoms with Gasteiger partial charge in [0.1, 0.15) is 11.6 Å². The van der Waals surface area contributed by atoms with Crippen molar-refractivity contribution in [3.05, 3.63) is 70.2 Å². The number of hydrogen-bond acceptors (Lipinski definition) is 5. The number of nitrogens with one attached hydrogen (secondary N) is 1. The van der Waals surface area contributed by atoms with Crippen LogP contribution in [0.3, 0.4) is 0 Å². The largest absolute Gasteiger partial charge is 0.305 e. The number of nitrogens with zero attached hydrogens (tertiary/aromatic N) is 3. The molecule has 1 N–H and O–H groups in total. The fourth-order valence-corrected chi connectivity index (χ4v) is 4.71. The predicted octanol–water partition coefficient (Wildman–Crippen LogP) is 3.97. The molecule has 0 saturated carbocycles. The molecule has 1 heterocycles. The van der Waals surface area contributed by atoms with E-state index in [9.17, 15) is 12.8 Å². The fraction of sp³-hybridized carbons (Fsp3) is 0.222. The van der Waals surface area contributed by atoms with Gasteiger partial charge in [-0.3, -0.25) is 0 Å². The SMILES string of the molecule is CCn1c(CNS(=O)(=O)c2ccc(Br)cc2)nnc1SCc1cccc(F)c1. The smallest absolute Gasteiger partial charge is 0.240 e. The molecule has 2 aromatic carbocycles. The summed E-state index contributed by atoms with van der Waals surface area (Å²) in [6, 6.07) is 12.8. The molecule has 0 aliphatic rings. The minimum absolute atomic E-state index is 0.0275. The summed E-state index contributed by atoms with van der Waals surface area (Å²) in [5, 5.41) is 8.92. The lowest BCUT2D eigenvalue weighted by molar-refractivity contribution is 0.572. The predicted molar refractivity (Wildman–Crippen MR) is 110 cm³/mol. The second-order valence-corrected chi connectivity index (χ2v) is 9.47. The first-order valence-electron chi connectivity index (χ1n) is 8.43. The summed E-state index contributed by atoms with van der Waals surface area (Å²) in [4.78, 5) is 0.180. The van der Waals surface area contributed by atoms with Crippen molar-refractivity contribution in [2.75, 3.05) is 0 Å². The maximum absolute atomic E-state index is 13.3. The topological polar surface area (TPSA) is 76.9 Å². The molecule has 3 aromatic rings. The van der Waals surface area contributed by atoms with Crippen LogP contribution < -0.4 is 4.72 Å². The lowest BCUT2D eigenvalue weighted by Crippen LogP contribution is -2.25. The Kier molecular flexibility index (Phi) is 6.86. The summed E-state index contributed by atoms with van der Waals surface area (Å²) in [6.07, 6.45) is 0. The molecule has 0 spiro atoms. The summed E-state index contributed by atoms with van der Waals surface area (Å²) >= 11 is 4.71. The normalized spacial score (nSPS) is 11.7. The lowest BCUT2D eigenvalue weighted by atomic mass is 10.2. The van der Waals surface area contributed by atoms with Gasteiger partial charge in [0, 0.05) is 16.8 Å². The van der Waals surface area contributed by atoms with E-state index >= 15 is 0 Å². The average Bonchev–Trinajstić information content (AvgIpc) is 3.07. The molecule has 0 radical (unpaired) electrons. The summed E-state index contributed by atoms with van der Waals surface area (Å²) < 4.78 is 43.4. The Morgan fingerprint density at radius 1 is 1.18 bits per heavy atom. The molecule has 28 heavy (non-hydrogen) atoms. The van der Waals surface area contributed by atoms with Crippen molar-refractivity contribution in [2.24, 2.45) is 0 Å². The zero-order valence-electron chi connectivity index (χ0n) is 15.0. The Labute approximate surface area is 175 Å². The number of aromatic nitrogens is 3. The first-order chi connectivity index (χ1) is 13.4. The monoisotopic (exact) mass is 484 g/mol. The standard InChI is InChI=1S/C18H18BrFN4O2S2/c1-2-24-17(11-21-28(25,26)16-8-6-14(19)7-9-16)22-23-18(24)27-12-13-4-3-5-15(20)10-13/h3-10,21H,2,11-12H2,1H3. The number of rotatable bonds is 8. The number of hydrogen-bond donors (Lipinski definition) is 1. The summed E-state index contributed by atoms with van der Waals surface area (Å²) in [5.74, 6) is 0.781. The molecule has 0 bridgehead atoms. The lowest BCUT2D eigenvalue weighted by Gasteiger charge is -2.09. The van der Waals surface area contributed by atoms with E-state index in [-0.39, 0.29) is 17.3 Å². The number of thioether (sulfide) groups is 1. The van der Waals surface area contributed by atoms with E-state index in [1.54, 1.807) is 18.2 Å². The van der Waals surface area contributed by atoms with Crippen LogP contribution >= 0.6 is 27.7 Å². The summed E-state index contributed by atoms with van der Waals surface area (Å²) in [5.41, 5.74) is 0.841. The molecule has 0 amide bonds. The molecule has 0 aliphatic carbocycles. The van der Waals surface area contributed by atoms with Crippen molar-refractivity contribution in [2.45, 2.75) is 35.8 Å². The average molecular weight is 485 g/mol. The van der Waals surface area contributed by atoms with E-state index in [4.69, 9.17) is 0 Å². The molecular weight excluding hydrogens is 467 g/mol. The van der Waals surface area contributed by atoms with Crippen LogP contribution in [0.4, 0.5) is 4.39 Å². The van der Waals surface area contributed by atoms with Crippen LogP contribution in [0, 0.1) is 5.82 Å². The Hall–Kier alpha value is -1.75. The maximum Gasteiger partial charge on any atom is 0.240 e. The van der Waals surface area contributed by atoms with Crippen LogP contribution in [0.2, 0.25) is 0 Å². The van der Waals surface area contributed by atoms with E-state index < -0.39 is 10.0 Å². The molecule has 148 valence electrons. The highest BCUT2D eigenvalue weighted by atomic mass is 79.9. The van der Waals surface area contributed by atoms with Crippen LogP contribution in [0.5, 0.6) is 0 Å². The van der Waals surface area contributed by atoms with E-state index in [1.807, 2.05) is 17.6 Å². The molecule has 0 atom stereocenters. The molecule has 0 aliphatic heterocycles. The van der Waals surface area contributed by atoms with Crippen molar-refractivity contribution in [3.63, 3.8) is 0 Å². The summed E-state index contributed by atoms with van der Waals surface area (Å²) in [6.45, 7) is 2.55. The van der Waals surface area contributed by atoms with Gasteiger partial charge >= 0.3 is 0 Å². The minimum Gasteiger partial charge on any atom is -0.305 e. The van der Waals surface area contributed by atoms with Gasteiger partial charge in [-0.2, -0.15) is 0 Å². The van der Waals surface area contributed by atoms with Crippen molar-refractivity contribution < 1.29 is 12.8 Å². The molecule has 10 heteroatoms. The first-order valence-corrected chi connectivity index (χ1v) is 11.7. The third-order valence-corrected chi connectivity index (χ3v) is 6.89. The van der Waals surface area contributed by atoms with Gasteiger partial charge in [0.2, 0.25) is 10.0 Å². The zero-order valence-corrected chi connectivity index (χ0v) is 18.2. The molecule has 1 aromatic heterocycles. The van der Waals surface area contributed by atoms with Gasteiger partial charge in [0.05, 0.1) is 11.4 Å². The maximum atomic E-state index is 13.3. The van der Waals surface area contributed by atoms with Gasteiger partial charge in [-0.1, -0.05) is 39.8 Å². The molecule has 0 fully saturated rings. The second-order valence-electron chi connectivity index (χ2n) is 5.84. The molecule has 3 rings (SSSR count). The van der Waals surface area contributed by atoms with Gasteiger partial charge in [-0.25, -0.2) is 17.5 Å². The molecule has 0 saturated heterocycles. The van der Waals surface area contributed by atoms with Crippen LogP contribution in [0.1, 0.15) is 18.3 Å². The van der Waals surface area contributed by atoms with E-state index in [0.717, 1.165) is 10.0 Å². The number of sulfonamides is 1. The molecular formula is C18H18BrFN4O2S2. The van der Waals surface area contributed by atoms with E-state index in [2.05, 4.69) is 30.8 Å². The second kappa shape index (κ2) is 9.17. The fourth-order valence-electron chi connectivity index (χ4n) is 2.51. The highest BCUT2D eigenvalue weighted by molar-refractivity contribution is 9.10. The van der Waals surface area contributed by atoms with Crippen molar-refractivity contribution in [1.29, 1.82) is 0 Å². The highest BCUT2D eigenvalue weighted by Crippen LogP contribution is 2.22. The van der Waals surface area contributed by atoms with Gasteiger partial charge in [-0.05, 0) is 48.9 Å². The quantitative estimate of drug-likeness (QED) is 0.489. The highest BCUT2D eigenvalue weighted by Gasteiger charge is 2.17. The first kappa shape index (κ1) is 21.0. The zero-order chi connectivity index (χ0) is 20.1. The van der Waals surface area contributed by atoms with Gasteiger partial charge < -0.3 is 4.57 Å². The van der Waals surface area contributed by atoms with Crippen molar-refractivity contribution >= 4 is 37.7 Å². The van der Waals surface area contributed by atoms with Gasteiger partial charge in [0.15, 0.2) is 5.16 Å². The third-order valence-electron chi connectivity index (χ3n) is 3.91. The van der Waals surface area contributed by atoms with Crippen molar-refractivity contribution in [3.8, 4) is 0 Å². The molecule has 6 nitrogen and oxygen atoms in total. The van der Waals surface area contributed by atoms with Crippen LogP contribution in [0.15, 0.2) is 63.1 Å². The van der Waals surface area contributed by atoms with Crippen LogP contribution in [0.25, 0.3) is 0 Å². The Morgan fingerprint density at radius 2 is 1.93 bits per heavy atom. The van der Waals surface area contributed by atoms with Crippen LogP contribution in [-0.4, -0.2) is 23.2 Å². The Bertz CT molecular complexity index is 1060.